The van der Waals surface area contributed by atoms with Crippen LogP contribution in [0, 0.1) is 22.7 Å². The van der Waals surface area contributed by atoms with Crippen molar-refractivity contribution in [2.24, 2.45) is 22.7 Å². The number of furan rings is 1. The van der Waals surface area contributed by atoms with Gasteiger partial charge in [0.05, 0.1) is 18.0 Å². The minimum Gasteiger partial charge on any atom is -0.466 e. The van der Waals surface area contributed by atoms with E-state index in [9.17, 15) is 15.3 Å². The summed E-state index contributed by atoms with van der Waals surface area (Å²) in [7, 11) is 0. The van der Waals surface area contributed by atoms with Crippen LogP contribution in [0.2, 0.25) is 0 Å². The minimum absolute atomic E-state index is 0.0740. The molecule has 0 radical (unpaired) electrons. The molecule has 0 spiro atoms. The Morgan fingerprint density at radius 1 is 1.00 bits per heavy atom. The summed E-state index contributed by atoms with van der Waals surface area (Å²) in [6.45, 7) is 4.43. The van der Waals surface area contributed by atoms with Crippen LogP contribution in [0.3, 0.4) is 0 Å². The minimum atomic E-state index is -1.10. The highest BCUT2D eigenvalue weighted by Gasteiger charge is 2.72. The molecule has 1 aromatic rings. The van der Waals surface area contributed by atoms with E-state index in [0.29, 0.717) is 24.5 Å². The normalized spacial score (nSPS) is 51.9. The monoisotopic (exact) mass is 372 g/mol. The van der Waals surface area contributed by atoms with Gasteiger partial charge in [0.15, 0.2) is 0 Å². The Bertz CT molecular complexity index is 769. The molecule has 0 aromatic carbocycles. The van der Waals surface area contributed by atoms with Crippen molar-refractivity contribution in [2.75, 3.05) is 0 Å². The second kappa shape index (κ2) is 5.49. The maximum absolute atomic E-state index is 12.1. The van der Waals surface area contributed by atoms with Crippen LogP contribution in [0.25, 0.3) is 0 Å². The molecule has 27 heavy (non-hydrogen) atoms. The van der Waals surface area contributed by atoms with Crippen molar-refractivity contribution in [3.63, 3.8) is 0 Å². The predicted octanol–water partition coefficient (Wildman–Crippen LogP) is 3.91. The van der Waals surface area contributed by atoms with E-state index in [1.54, 1.807) is 6.26 Å². The molecule has 1 heterocycles. The lowest BCUT2D eigenvalue weighted by Gasteiger charge is -2.62. The van der Waals surface area contributed by atoms with Gasteiger partial charge >= 0.3 is 0 Å². The van der Waals surface area contributed by atoms with Crippen LogP contribution < -0.4 is 0 Å². The van der Waals surface area contributed by atoms with Crippen molar-refractivity contribution < 1.29 is 19.7 Å². The highest BCUT2D eigenvalue weighted by atomic mass is 16.4. The first-order valence-corrected chi connectivity index (χ1v) is 10.6. The van der Waals surface area contributed by atoms with E-state index in [2.05, 4.69) is 19.9 Å². The van der Waals surface area contributed by atoms with Gasteiger partial charge in [0.2, 0.25) is 0 Å². The fraction of sp³-hybridized carbons (Fsp3) is 0.739. The third-order valence-electron chi connectivity index (χ3n) is 9.35. The van der Waals surface area contributed by atoms with Gasteiger partial charge in [0.25, 0.3) is 0 Å². The number of rotatable bonds is 1. The number of hydrogen-bond acceptors (Lipinski definition) is 4. The highest BCUT2D eigenvalue weighted by Crippen LogP contribution is 2.71. The Balaban J connectivity index is 1.56. The average molecular weight is 373 g/mol. The van der Waals surface area contributed by atoms with Gasteiger partial charge < -0.3 is 19.7 Å². The lowest BCUT2D eigenvalue weighted by Crippen LogP contribution is -2.63. The van der Waals surface area contributed by atoms with Gasteiger partial charge in [-0.2, -0.15) is 0 Å². The fourth-order valence-corrected chi connectivity index (χ4v) is 7.61. The average Bonchev–Trinajstić information content (AvgIpc) is 3.24. The van der Waals surface area contributed by atoms with Crippen molar-refractivity contribution in [1.29, 1.82) is 0 Å². The van der Waals surface area contributed by atoms with Crippen LogP contribution in [0.15, 0.2) is 34.5 Å². The summed E-state index contributed by atoms with van der Waals surface area (Å²) in [5.41, 5.74) is -1.10. The molecule has 0 aliphatic heterocycles. The molecule has 0 saturated heterocycles. The Labute approximate surface area is 161 Å². The number of aliphatic hydroxyl groups is 3. The van der Waals surface area contributed by atoms with Crippen LogP contribution >= 0.6 is 0 Å². The van der Waals surface area contributed by atoms with Crippen LogP contribution in [0.5, 0.6) is 0 Å². The second-order valence-electron chi connectivity index (χ2n) is 10.1. The zero-order valence-corrected chi connectivity index (χ0v) is 16.4. The van der Waals surface area contributed by atoms with Crippen LogP contribution in [0.4, 0.5) is 0 Å². The largest absolute Gasteiger partial charge is 0.466 e. The molecule has 4 aliphatic carbocycles. The molecule has 3 saturated carbocycles. The van der Waals surface area contributed by atoms with Crippen LogP contribution in [-0.4, -0.2) is 27.0 Å². The van der Waals surface area contributed by atoms with E-state index < -0.39 is 16.6 Å². The predicted molar refractivity (Wildman–Crippen MR) is 102 cm³/mol. The maximum atomic E-state index is 12.1. The molecule has 3 fully saturated rings. The summed E-state index contributed by atoms with van der Waals surface area (Å²) in [4.78, 5) is 0. The number of aliphatic hydroxyl groups excluding tert-OH is 1. The van der Waals surface area contributed by atoms with Crippen molar-refractivity contribution >= 4 is 0 Å². The third kappa shape index (κ3) is 2.05. The van der Waals surface area contributed by atoms with E-state index in [-0.39, 0.29) is 17.4 Å². The van der Waals surface area contributed by atoms with Gasteiger partial charge in [-0.05, 0) is 80.8 Å². The van der Waals surface area contributed by atoms with Gasteiger partial charge in [-0.15, -0.1) is 0 Å². The molecular formula is C23H32O4. The first-order chi connectivity index (χ1) is 12.7. The summed E-state index contributed by atoms with van der Waals surface area (Å²) >= 11 is 0. The lowest BCUT2D eigenvalue weighted by molar-refractivity contribution is -0.225. The zero-order chi connectivity index (χ0) is 19.1. The first kappa shape index (κ1) is 18.0. The standard InChI is InChI=1S/C23H32O4/c1-20-9-7-16(24)14-15(20)5-6-18-17(20)8-10-21(2)22(18,25)11-12-23(21,26)19-4-3-13-27-19/h3-4,13-14,16-18,24-26H,5-12H2,1-2H3/t16-,17-,18+,20-,21-,22-,23-/m0/s1. The van der Waals surface area contributed by atoms with Gasteiger partial charge in [-0.3, -0.25) is 0 Å². The Hall–Kier alpha value is -1.10. The van der Waals surface area contributed by atoms with E-state index in [4.69, 9.17) is 4.42 Å². The van der Waals surface area contributed by atoms with Gasteiger partial charge in [0.1, 0.15) is 11.4 Å². The van der Waals surface area contributed by atoms with Crippen molar-refractivity contribution in [3.8, 4) is 0 Å². The zero-order valence-electron chi connectivity index (χ0n) is 16.4. The summed E-state index contributed by atoms with van der Waals surface area (Å²) in [6, 6.07) is 3.68. The molecule has 148 valence electrons. The van der Waals surface area contributed by atoms with E-state index in [0.717, 1.165) is 38.5 Å². The SMILES string of the molecule is C[C@]12CC[C@H]3[C@@H](CCC4=C[C@@H](O)CC[C@@]43C)[C@@]1(O)CC[C@]2(O)c1ccco1. The van der Waals surface area contributed by atoms with Crippen LogP contribution in [0.1, 0.15) is 71.0 Å². The van der Waals surface area contributed by atoms with Crippen molar-refractivity contribution in [1.82, 2.24) is 0 Å². The summed E-state index contributed by atoms with van der Waals surface area (Å²) in [5, 5.41) is 33.9. The highest BCUT2D eigenvalue weighted by molar-refractivity contribution is 5.31. The topological polar surface area (TPSA) is 73.8 Å². The molecule has 4 heteroatoms. The summed E-state index contributed by atoms with van der Waals surface area (Å²) in [5.74, 6) is 1.21. The summed E-state index contributed by atoms with van der Waals surface area (Å²) < 4.78 is 5.64. The van der Waals surface area contributed by atoms with Crippen molar-refractivity contribution in [3.05, 3.63) is 35.8 Å². The molecule has 4 nitrogen and oxygen atoms in total. The smallest absolute Gasteiger partial charge is 0.136 e. The lowest BCUT2D eigenvalue weighted by atomic mass is 9.44. The first-order valence-electron chi connectivity index (χ1n) is 10.6. The quantitative estimate of drug-likeness (QED) is 0.654. The third-order valence-corrected chi connectivity index (χ3v) is 9.35. The molecular weight excluding hydrogens is 340 g/mol. The van der Waals surface area contributed by atoms with E-state index in [1.807, 2.05) is 12.1 Å². The van der Waals surface area contributed by atoms with E-state index in [1.165, 1.54) is 5.57 Å². The molecule has 0 bridgehead atoms. The Morgan fingerprint density at radius 2 is 1.81 bits per heavy atom. The molecule has 0 amide bonds. The molecule has 0 unspecified atom stereocenters. The molecule has 1 aromatic heterocycles. The molecule has 5 rings (SSSR count). The number of fused-ring (bicyclic) bond motifs is 5. The maximum Gasteiger partial charge on any atom is 0.136 e. The molecule has 4 aliphatic rings. The van der Waals surface area contributed by atoms with Gasteiger partial charge in [-0.1, -0.05) is 25.5 Å². The Morgan fingerprint density at radius 3 is 2.56 bits per heavy atom. The number of hydrogen-bond donors (Lipinski definition) is 3. The van der Waals surface area contributed by atoms with Gasteiger partial charge in [0, 0.05) is 5.41 Å². The number of allylic oxidation sites excluding steroid dienone is 1. The fourth-order valence-electron chi connectivity index (χ4n) is 7.61. The second-order valence-corrected chi connectivity index (χ2v) is 10.1. The van der Waals surface area contributed by atoms with E-state index >= 15 is 0 Å². The van der Waals surface area contributed by atoms with Crippen molar-refractivity contribution in [2.45, 2.75) is 82.5 Å². The molecule has 7 atom stereocenters. The molecule has 3 N–H and O–H groups in total. The Kier molecular flexibility index (Phi) is 3.65. The van der Waals surface area contributed by atoms with Crippen LogP contribution in [-0.2, 0) is 5.60 Å². The summed E-state index contributed by atoms with van der Waals surface area (Å²) in [6.07, 6.45) is 10.1. The van der Waals surface area contributed by atoms with Gasteiger partial charge in [-0.25, -0.2) is 0 Å².